The molecule has 1 saturated heterocycles. The van der Waals surface area contributed by atoms with Crippen LogP contribution in [0.5, 0.6) is 0 Å². The summed E-state index contributed by atoms with van der Waals surface area (Å²) in [6, 6.07) is 19.4. The van der Waals surface area contributed by atoms with Crippen molar-refractivity contribution in [2.75, 3.05) is 6.61 Å². The van der Waals surface area contributed by atoms with Crippen LogP contribution in [0.25, 0.3) is 0 Å². The summed E-state index contributed by atoms with van der Waals surface area (Å²) in [5.41, 5.74) is 2.05. The lowest BCUT2D eigenvalue weighted by Crippen LogP contribution is -2.50. The van der Waals surface area contributed by atoms with Gasteiger partial charge < -0.3 is 14.6 Å². The lowest BCUT2D eigenvalue weighted by Gasteiger charge is -2.29. The summed E-state index contributed by atoms with van der Waals surface area (Å²) in [7, 11) is 0. The van der Waals surface area contributed by atoms with Gasteiger partial charge in [-0.05, 0) is 36.2 Å². The van der Waals surface area contributed by atoms with Crippen LogP contribution >= 0.6 is 12.2 Å². The van der Waals surface area contributed by atoms with E-state index in [4.69, 9.17) is 21.7 Å². The molecule has 1 heterocycles. The van der Waals surface area contributed by atoms with Gasteiger partial charge in [0.15, 0.2) is 6.10 Å². The van der Waals surface area contributed by atoms with Gasteiger partial charge in [0.25, 0.3) is 11.1 Å². The Bertz CT molecular complexity index is 830. The molecule has 2 aromatic carbocycles. The van der Waals surface area contributed by atoms with Gasteiger partial charge in [0.05, 0.1) is 18.8 Å². The van der Waals surface area contributed by atoms with Crippen molar-refractivity contribution < 1.29 is 19.4 Å². The highest BCUT2D eigenvalue weighted by Crippen LogP contribution is 2.22. The van der Waals surface area contributed by atoms with E-state index < -0.39 is 12.2 Å². The van der Waals surface area contributed by atoms with E-state index in [1.54, 1.807) is 0 Å². The Morgan fingerprint density at radius 2 is 1.77 bits per heavy atom. The first-order valence-corrected chi connectivity index (χ1v) is 11.4. The number of amides is 1. The first-order chi connectivity index (χ1) is 15.1. The minimum atomic E-state index is -0.991. The number of aliphatic hydroxyl groups is 1. The lowest BCUT2D eigenvalue weighted by atomic mass is 10.0. The minimum absolute atomic E-state index is 0.153. The van der Waals surface area contributed by atoms with E-state index in [9.17, 15) is 9.90 Å². The molecule has 1 aliphatic heterocycles. The zero-order chi connectivity index (χ0) is 22.1. The summed E-state index contributed by atoms with van der Waals surface area (Å²) in [5, 5.41) is 11.0. The van der Waals surface area contributed by atoms with Crippen LogP contribution in [0.2, 0.25) is 0 Å². The van der Waals surface area contributed by atoms with Gasteiger partial charge in [-0.3, -0.25) is 9.69 Å². The van der Waals surface area contributed by atoms with Crippen LogP contribution in [0.15, 0.2) is 60.7 Å². The van der Waals surface area contributed by atoms with Crippen LogP contribution in [-0.2, 0) is 27.3 Å². The molecule has 166 valence electrons. The second-order valence-electron chi connectivity index (χ2n) is 7.91. The highest BCUT2D eigenvalue weighted by molar-refractivity contribution is 7.80. The topological polar surface area (TPSA) is 59.0 Å². The molecule has 0 bridgehead atoms. The summed E-state index contributed by atoms with van der Waals surface area (Å²) in [5.74, 6) is -0.330. The van der Waals surface area contributed by atoms with Crippen molar-refractivity contribution in [3.8, 4) is 0 Å². The molecule has 0 aliphatic carbocycles. The fourth-order valence-corrected chi connectivity index (χ4v) is 4.07. The molecule has 0 unspecified atom stereocenters. The maximum atomic E-state index is 13.5. The van der Waals surface area contributed by atoms with E-state index in [0.29, 0.717) is 19.4 Å². The van der Waals surface area contributed by atoms with Crippen LogP contribution in [0.1, 0.15) is 43.7 Å². The Labute approximate surface area is 190 Å². The average Bonchev–Trinajstić information content (AvgIpc) is 3.15. The quantitative estimate of drug-likeness (QED) is 0.417. The molecule has 3 atom stereocenters. The monoisotopic (exact) mass is 441 g/mol. The number of hydrogen-bond donors (Lipinski definition) is 1. The molecule has 1 amide bonds. The SMILES string of the molecule is CCCCC[C@H](O)[C@H](OCc1ccccc1)C(=O)N1C(=S)OC[C@@H]1Cc1ccccc1. The van der Waals surface area contributed by atoms with Crippen molar-refractivity contribution in [2.24, 2.45) is 0 Å². The molecule has 31 heavy (non-hydrogen) atoms. The molecule has 1 fully saturated rings. The lowest BCUT2D eigenvalue weighted by molar-refractivity contribution is -0.150. The second kappa shape index (κ2) is 11.9. The normalized spacial score (nSPS) is 17.9. The van der Waals surface area contributed by atoms with Crippen molar-refractivity contribution in [3.05, 3.63) is 71.8 Å². The number of nitrogens with zero attached hydrogens (tertiary/aromatic N) is 1. The van der Waals surface area contributed by atoms with E-state index in [1.165, 1.54) is 4.90 Å². The zero-order valence-electron chi connectivity index (χ0n) is 18.0. The fraction of sp³-hybridized carbons (Fsp3) is 0.440. The van der Waals surface area contributed by atoms with Crippen LogP contribution in [0.4, 0.5) is 0 Å². The number of carbonyl (C=O) groups is 1. The third-order valence-corrected chi connectivity index (χ3v) is 5.80. The van der Waals surface area contributed by atoms with Crippen molar-refractivity contribution in [1.29, 1.82) is 0 Å². The summed E-state index contributed by atoms with van der Waals surface area (Å²) >= 11 is 5.35. The third kappa shape index (κ3) is 6.60. The van der Waals surface area contributed by atoms with Gasteiger partial charge >= 0.3 is 0 Å². The largest absolute Gasteiger partial charge is 0.468 e. The van der Waals surface area contributed by atoms with E-state index in [0.717, 1.165) is 30.4 Å². The molecular formula is C25H31NO4S. The van der Waals surface area contributed by atoms with Crippen LogP contribution in [-0.4, -0.2) is 45.9 Å². The van der Waals surface area contributed by atoms with Gasteiger partial charge in [0.2, 0.25) is 0 Å². The highest BCUT2D eigenvalue weighted by Gasteiger charge is 2.41. The van der Waals surface area contributed by atoms with E-state index in [2.05, 4.69) is 6.92 Å². The molecular weight excluding hydrogens is 410 g/mol. The second-order valence-corrected chi connectivity index (χ2v) is 8.26. The number of ether oxygens (including phenoxy) is 2. The predicted molar refractivity (Wildman–Crippen MR) is 124 cm³/mol. The molecule has 5 nitrogen and oxygen atoms in total. The van der Waals surface area contributed by atoms with Gasteiger partial charge in [0.1, 0.15) is 6.61 Å². The first kappa shape index (κ1) is 23.4. The maximum absolute atomic E-state index is 13.5. The van der Waals surface area contributed by atoms with Gasteiger partial charge in [0, 0.05) is 0 Å². The maximum Gasteiger partial charge on any atom is 0.266 e. The molecule has 6 heteroatoms. The van der Waals surface area contributed by atoms with Crippen LogP contribution in [0, 0.1) is 0 Å². The molecule has 3 rings (SSSR count). The molecule has 2 aromatic rings. The van der Waals surface area contributed by atoms with Crippen molar-refractivity contribution in [3.63, 3.8) is 0 Å². The fourth-order valence-electron chi connectivity index (χ4n) is 3.77. The van der Waals surface area contributed by atoms with Crippen molar-refractivity contribution >= 4 is 23.3 Å². The standard InChI is InChI=1S/C25H31NO4S/c1-2-3-6-15-22(27)23(29-17-20-13-9-5-10-14-20)24(28)26-21(18-30-25(26)31)16-19-11-7-4-8-12-19/h4-5,7-14,21-23,27H,2-3,6,15-18H2,1H3/t21-,22-,23-/m0/s1. The number of carbonyl (C=O) groups excluding carboxylic acids is 1. The van der Waals surface area contributed by atoms with E-state index in [-0.39, 0.29) is 23.7 Å². The number of benzene rings is 2. The third-order valence-electron chi connectivity index (χ3n) is 5.48. The van der Waals surface area contributed by atoms with Crippen LogP contribution < -0.4 is 0 Å². The number of aliphatic hydroxyl groups excluding tert-OH is 1. The minimum Gasteiger partial charge on any atom is -0.468 e. The summed E-state index contributed by atoms with van der Waals surface area (Å²) in [6.07, 6.45) is 2.12. The Morgan fingerprint density at radius 1 is 1.13 bits per heavy atom. The smallest absolute Gasteiger partial charge is 0.266 e. The van der Waals surface area contributed by atoms with Crippen molar-refractivity contribution in [1.82, 2.24) is 4.90 Å². The number of hydrogen-bond acceptors (Lipinski definition) is 5. The molecule has 0 radical (unpaired) electrons. The Balaban J connectivity index is 1.74. The zero-order valence-corrected chi connectivity index (χ0v) is 18.8. The van der Waals surface area contributed by atoms with Gasteiger partial charge in [-0.25, -0.2) is 0 Å². The molecule has 0 aromatic heterocycles. The summed E-state index contributed by atoms with van der Waals surface area (Å²) in [4.78, 5) is 15.0. The van der Waals surface area contributed by atoms with Crippen LogP contribution in [0.3, 0.4) is 0 Å². The number of unbranched alkanes of at least 4 members (excludes halogenated alkanes) is 2. The van der Waals surface area contributed by atoms with Gasteiger partial charge in [-0.2, -0.15) is 0 Å². The van der Waals surface area contributed by atoms with Gasteiger partial charge in [-0.1, -0.05) is 86.8 Å². The number of thiocarbonyl (C=S) groups is 1. The Hall–Kier alpha value is -2.28. The van der Waals surface area contributed by atoms with Crippen molar-refractivity contribution in [2.45, 2.75) is 63.9 Å². The Morgan fingerprint density at radius 3 is 2.42 bits per heavy atom. The Kier molecular flexibility index (Phi) is 9.00. The average molecular weight is 442 g/mol. The summed E-state index contributed by atoms with van der Waals surface area (Å²) in [6.45, 7) is 2.69. The van der Waals surface area contributed by atoms with E-state index in [1.807, 2.05) is 60.7 Å². The molecule has 0 spiro atoms. The predicted octanol–water partition coefficient (Wildman–Crippen LogP) is 4.27. The summed E-state index contributed by atoms with van der Waals surface area (Å²) < 4.78 is 11.5. The van der Waals surface area contributed by atoms with Gasteiger partial charge in [-0.15, -0.1) is 0 Å². The molecule has 1 N–H and O–H groups in total. The number of rotatable bonds is 11. The molecule has 0 saturated carbocycles. The highest BCUT2D eigenvalue weighted by atomic mass is 32.1. The first-order valence-electron chi connectivity index (χ1n) is 11.0. The van der Waals surface area contributed by atoms with E-state index >= 15 is 0 Å². The molecule has 1 aliphatic rings.